The first-order valence-corrected chi connectivity index (χ1v) is 9.70. The zero-order valence-corrected chi connectivity index (χ0v) is 15.7. The van der Waals surface area contributed by atoms with E-state index in [0.717, 1.165) is 35.2 Å². The highest BCUT2D eigenvalue weighted by molar-refractivity contribution is 7.18. The van der Waals surface area contributed by atoms with Crippen LogP contribution < -0.4 is 10.9 Å². The molecule has 5 heteroatoms. The van der Waals surface area contributed by atoms with Crippen LogP contribution in [0.3, 0.4) is 0 Å². The van der Waals surface area contributed by atoms with Crippen molar-refractivity contribution in [2.24, 2.45) is 5.92 Å². The van der Waals surface area contributed by atoms with E-state index in [1.807, 2.05) is 19.1 Å². The van der Waals surface area contributed by atoms with Gasteiger partial charge < -0.3 is 10.3 Å². The molecular weight excluding hydrogens is 330 g/mol. The number of aromatic amines is 1. The van der Waals surface area contributed by atoms with E-state index in [9.17, 15) is 4.79 Å². The summed E-state index contributed by atoms with van der Waals surface area (Å²) in [5, 5.41) is 4.25. The lowest BCUT2D eigenvalue weighted by molar-refractivity contribution is 0.509. The summed E-state index contributed by atoms with van der Waals surface area (Å²) in [6.45, 7) is 6.38. The van der Waals surface area contributed by atoms with Gasteiger partial charge in [-0.05, 0) is 62.3 Å². The molecule has 0 radical (unpaired) electrons. The van der Waals surface area contributed by atoms with Gasteiger partial charge in [0.25, 0.3) is 5.56 Å². The fraction of sp³-hybridized carbons (Fsp3) is 0.400. The van der Waals surface area contributed by atoms with Gasteiger partial charge in [-0.15, -0.1) is 11.3 Å². The molecule has 2 heterocycles. The molecule has 25 heavy (non-hydrogen) atoms. The minimum Gasteiger partial charge on any atom is -0.375 e. The maximum atomic E-state index is 12.7. The van der Waals surface area contributed by atoms with Gasteiger partial charge >= 0.3 is 0 Å². The molecule has 4 nitrogen and oxygen atoms in total. The molecule has 0 spiro atoms. The number of thiophene rings is 1. The first-order chi connectivity index (χ1) is 12.0. The number of hydrogen-bond donors (Lipinski definition) is 2. The van der Waals surface area contributed by atoms with Crippen LogP contribution in [0.2, 0.25) is 0 Å². The molecule has 0 saturated carbocycles. The van der Waals surface area contributed by atoms with Gasteiger partial charge in [0, 0.05) is 10.6 Å². The standard InChI is InChI=1S/C20H23N3OS/c1-11-5-4-6-14(9-11)21-13(3)18-22-19(24)17-15-8-7-12(2)10-16(15)25-20(17)23-18/h4-6,9,12-13,21H,7-8,10H2,1-3H3,(H,22,23,24)/t12-,13-/m1/s1. The third-order valence-corrected chi connectivity index (χ3v) is 6.14. The first kappa shape index (κ1) is 16.3. The summed E-state index contributed by atoms with van der Waals surface area (Å²) in [6.07, 6.45) is 3.23. The summed E-state index contributed by atoms with van der Waals surface area (Å²) in [5.41, 5.74) is 3.48. The van der Waals surface area contributed by atoms with Crippen LogP contribution in [-0.4, -0.2) is 9.97 Å². The van der Waals surface area contributed by atoms with E-state index in [1.165, 1.54) is 16.0 Å². The Kier molecular flexibility index (Phi) is 4.12. The molecule has 0 bridgehead atoms. The molecule has 0 aliphatic heterocycles. The minimum atomic E-state index is -0.0584. The monoisotopic (exact) mass is 353 g/mol. The summed E-state index contributed by atoms with van der Waals surface area (Å²) in [6, 6.07) is 8.17. The van der Waals surface area contributed by atoms with E-state index in [2.05, 4.69) is 36.3 Å². The average molecular weight is 353 g/mol. The quantitative estimate of drug-likeness (QED) is 0.724. The third-order valence-electron chi connectivity index (χ3n) is 5.00. The Bertz CT molecular complexity index is 988. The molecular formula is C20H23N3OS. The number of rotatable bonds is 3. The van der Waals surface area contributed by atoms with Crippen LogP contribution in [0, 0.1) is 12.8 Å². The second kappa shape index (κ2) is 6.30. The van der Waals surface area contributed by atoms with Crippen molar-refractivity contribution in [2.45, 2.75) is 46.1 Å². The zero-order valence-electron chi connectivity index (χ0n) is 14.8. The molecule has 2 atom stereocenters. The lowest BCUT2D eigenvalue weighted by Crippen LogP contribution is -2.18. The summed E-state index contributed by atoms with van der Waals surface area (Å²) < 4.78 is 0. The van der Waals surface area contributed by atoms with Crippen molar-refractivity contribution in [3.8, 4) is 0 Å². The molecule has 0 amide bonds. The van der Waals surface area contributed by atoms with Crippen LogP contribution >= 0.6 is 11.3 Å². The number of hydrogen-bond acceptors (Lipinski definition) is 4. The molecule has 130 valence electrons. The maximum absolute atomic E-state index is 12.7. The van der Waals surface area contributed by atoms with Crippen LogP contribution in [-0.2, 0) is 12.8 Å². The van der Waals surface area contributed by atoms with Crippen molar-refractivity contribution in [3.05, 3.63) is 56.4 Å². The van der Waals surface area contributed by atoms with E-state index < -0.39 is 0 Å². The molecule has 1 aromatic carbocycles. The van der Waals surface area contributed by atoms with E-state index >= 15 is 0 Å². The molecule has 4 rings (SSSR count). The summed E-state index contributed by atoms with van der Waals surface area (Å²) in [5.74, 6) is 1.40. The molecule has 2 N–H and O–H groups in total. The maximum Gasteiger partial charge on any atom is 0.259 e. The van der Waals surface area contributed by atoms with Crippen LogP contribution in [0.5, 0.6) is 0 Å². The first-order valence-electron chi connectivity index (χ1n) is 8.89. The van der Waals surface area contributed by atoms with Gasteiger partial charge in [0.1, 0.15) is 10.7 Å². The SMILES string of the molecule is Cc1cccc(N[C@H](C)c2nc3sc4c(c3c(=O)[nH]2)CC[C@@H](C)C4)c1. The van der Waals surface area contributed by atoms with Crippen LogP contribution in [0.1, 0.15) is 48.1 Å². The average Bonchev–Trinajstić information content (AvgIpc) is 2.92. The highest BCUT2D eigenvalue weighted by Gasteiger charge is 2.23. The Morgan fingerprint density at radius 2 is 2.24 bits per heavy atom. The Hall–Kier alpha value is -2.14. The summed E-state index contributed by atoms with van der Waals surface area (Å²) >= 11 is 1.70. The molecule has 0 saturated heterocycles. The topological polar surface area (TPSA) is 57.8 Å². The van der Waals surface area contributed by atoms with Crippen molar-refractivity contribution in [3.63, 3.8) is 0 Å². The van der Waals surface area contributed by atoms with Gasteiger partial charge in [0.15, 0.2) is 0 Å². The Morgan fingerprint density at radius 3 is 3.04 bits per heavy atom. The molecule has 0 unspecified atom stereocenters. The number of aryl methyl sites for hydroxylation is 2. The number of anilines is 1. The van der Waals surface area contributed by atoms with Gasteiger partial charge in [-0.3, -0.25) is 4.79 Å². The zero-order chi connectivity index (χ0) is 17.6. The predicted octanol–water partition coefficient (Wildman–Crippen LogP) is 4.59. The Labute approximate surface area is 151 Å². The Balaban J connectivity index is 1.70. The number of nitrogens with zero attached hydrogens (tertiary/aromatic N) is 1. The van der Waals surface area contributed by atoms with Crippen molar-refractivity contribution < 1.29 is 0 Å². The summed E-state index contributed by atoms with van der Waals surface area (Å²) in [4.78, 5) is 22.7. The largest absolute Gasteiger partial charge is 0.375 e. The number of aromatic nitrogens is 2. The van der Waals surface area contributed by atoms with E-state index in [0.29, 0.717) is 11.7 Å². The number of fused-ring (bicyclic) bond motifs is 3. The fourth-order valence-electron chi connectivity index (χ4n) is 3.62. The molecule has 2 aromatic heterocycles. The van der Waals surface area contributed by atoms with Crippen LogP contribution in [0.15, 0.2) is 29.1 Å². The van der Waals surface area contributed by atoms with Gasteiger partial charge in [0.2, 0.25) is 0 Å². The normalized spacial score (nSPS) is 18.1. The second-order valence-corrected chi connectivity index (χ2v) is 8.30. The lowest BCUT2D eigenvalue weighted by Gasteiger charge is -2.17. The fourth-order valence-corrected chi connectivity index (χ4v) is 5.01. The van der Waals surface area contributed by atoms with E-state index in [-0.39, 0.29) is 11.6 Å². The minimum absolute atomic E-state index is 0.00458. The number of nitrogens with one attached hydrogen (secondary N) is 2. The van der Waals surface area contributed by atoms with E-state index in [1.54, 1.807) is 11.3 Å². The van der Waals surface area contributed by atoms with Crippen LogP contribution in [0.4, 0.5) is 5.69 Å². The van der Waals surface area contributed by atoms with E-state index in [4.69, 9.17) is 4.98 Å². The van der Waals surface area contributed by atoms with Crippen molar-refractivity contribution >= 4 is 27.2 Å². The smallest absolute Gasteiger partial charge is 0.259 e. The highest BCUT2D eigenvalue weighted by Crippen LogP contribution is 2.35. The van der Waals surface area contributed by atoms with Gasteiger partial charge in [0.05, 0.1) is 11.4 Å². The summed E-state index contributed by atoms with van der Waals surface area (Å²) in [7, 11) is 0. The molecule has 3 aromatic rings. The van der Waals surface area contributed by atoms with Gasteiger partial charge in [-0.1, -0.05) is 19.1 Å². The molecule has 1 aliphatic rings. The van der Waals surface area contributed by atoms with Gasteiger partial charge in [-0.2, -0.15) is 0 Å². The predicted molar refractivity (Wildman–Crippen MR) is 105 cm³/mol. The lowest BCUT2D eigenvalue weighted by atomic mass is 9.89. The second-order valence-electron chi connectivity index (χ2n) is 7.22. The number of H-pyrrole nitrogens is 1. The van der Waals surface area contributed by atoms with Crippen molar-refractivity contribution in [2.75, 3.05) is 5.32 Å². The van der Waals surface area contributed by atoms with Gasteiger partial charge in [-0.25, -0.2) is 4.98 Å². The van der Waals surface area contributed by atoms with Crippen molar-refractivity contribution in [1.29, 1.82) is 0 Å². The molecule has 1 aliphatic carbocycles. The van der Waals surface area contributed by atoms with Crippen LogP contribution in [0.25, 0.3) is 10.2 Å². The van der Waals surface area contributed by atoms with Crippen molar-refractivity contribution in [1.82, 2.24) is 9.97 Å². The highest BCUT2D eigenvalue weighted by atomic mass is 32.1. The number of benzene rings is 1. The Morgan fingerprint density at radius 1 is 1.40 bits per heavy atom. The third kappa shape index (κ3) is 3.09. The molecule has 0 fully saturated rings.